The second-order valence-electron chi connectivity index (χ2n) is 4.69. The number of hydrogen-bond donors (Lipinski definition) is 1. The average molecular weight is 269 g/mol. The first-order valence-electron chi connectivity index (χ1n) is 5.92. The van der Waals surface area contributed by atoms with E-state index in [0.29, 0.717) is 6.54 Å². The molecule has 1 atom stereocenters. The number of rotatable bonds is 4. The molecule has 0 spiro atoms. The van der Waals surface area contributed by atoms with Gasteiger partial charge < -0.3 is 10.6 Å². The minimum absolute atomic E-state index is 0.331. The zero-order valence-corrected chi connectivity index (χ0v) is 11.5. The van der Waals surface area contributed by atoms with E-state index in [9.17, 15) is 8.42 Å². The molecule has 2 rings (SSSR count). The highest BCUT2D eigenvalue weighted by Gasteiger charge is 2.28. The molecule has 5 nitrogen and oxygen atoms in total. The predicted molar refractivity (Wildman–Crippen MR) is 72.9 cm³/mol. The van der Waals surface area contributed by atoms with E-state index in [1.54, 1.807) is 0 Å². The Balaban J connectivity index is 2.13. The highest BCUT2D eigenvalue weighted by atomic mass is 32.2. The van der Waals surface area contributed by atoms with Gasteiger partial charge in [0.1, 0.15) is 5.37 Å². The van der Waals surface area contributed by atoms with Crippen molar-refractivity contribution in [3.8, 4) is 0 Å². The monoisotopic (exact) mass is 269 g/mol. The van der Waals surface area contributed by atoms with Crippen LogP contribution in [0.15, 0.2) is 24.3 Å². The standard InChI is InChI=1S/C12H19N3O2S/c1-14(2)18(16,17)12(13)9-15-8-7-10-5-3-4-6-11(10)15/h3-6,12H,7-9,13H2,1-2H3. The van der Waals surface area contributed by atoms with Crippen molar-refractivity contribution in [3.05, 3.63) is 29.8 Å². The number of anilines is 1. The molecule has 0 bridgehead atoms. The summed E-state index contributed by atoms with van der Waals surface area (Å²) >= 11 is 0. The molecule has 6 heteroatoms. The van der Waals surface area contributed by atoms with Crippen molar-refractivity contribution in [2.75, 3.05) is 32.1 Å². The molecule has 0 amide bonds. The first-order chi connectivity index (χ1) is 8.43. The molecule has 1 aliphatic heterocycles. The molecule has 1 unspecified atom stereocenters. The molecule has 1 heterocycles. The lowest BCUT2D eigenvalue weighted by atomic mass is 10.2. The smallest absolute Gasteiger partial charge is 0.231 e. The summed E-state index contributed by atoms with van der Waals surface area (Å²) in [6.07, 6.45) is 0.949. The molecule has 0 saturated carbocycles. The van der Waals surface area contributed by atoms with Gasteiger partial charge in [0.05, 0.1) is 0 Å². The summed E-state index contributed by atoms with van der Waals surface area (Å²) in [5.74, 6) is 0. The Labute approximate surface area is 108 Å². The summed E-state index contributed by atoms with van der Waals surface area (Å²) in [7, 11) is -0.383. The largest absolute Gasteiger partial charge is 0.368 e. The molecule has 2 N–H and O–H groups in total. The number of hydrogen-bond acceptors (Lipinski definition) is 4. The van der Waals surface area contributed by atoms with Crippen LogP contribution < -0.4 is 10.6 Å². The molecule has 100 valence electrons. The minimum atomic E-state index is -3.40. The maximum absolute atomic E-state index is 11.9. The van der Waals surface area contributed by atoms with Gasteiger partial charge in [0, 0.05) is 32.9 Å². The van der Waals surface area contributed by atoms with Crippen LogP contribution in [0.4, 0.5) is 5.69 Å². The molecule has 0 fully saturated rings. The van der Waals surface area contributed by atoms with Crippen LogP contribution in [0.1, 0.15) is 5.56 Å². The van der Waals surface area contributed by atoms with E-state index >= 15 is 0 Å². The highest BCUT2D eigenvalue weighted by molar-refractivity contribution is 7.89. The summed E-state index contributed by atoms with van der Waals surface area (Å²) in [6, 6.07) is 8.04. The summed E-state index contributed by atoms with van der Waals surface area (Å²) in [4.78, 5) is 2.04. The van der Waals surface area contributed by atoms with Crippen LogP contribution in [0, 0.1) is 0 Å². The maximum Gasteiger partial charge on any atom is 0.231 e. The molecular weight excluding hydrogens is 250 g/mol. The van der Waals surface area contributed by atoms with Crippen LogP contribution in [-0.4, -0.2) is 45.3 Å². The van der Waals surface area contributed by atoms with Gasteiger partial charge in [-0.05, 0) is 18.1 Å². The minimum Gasteiger partial charge on any atom is -0.368 e. The Hall–Kier alpha value is -1.11. The molecular formula is C12H19N3O2S. The van der Waals surface area contributed by atoms with Gasteiger partial charge in [-0.1, -0.05) is 18.2 Å². The van der Waals surface area contributed by atoms with E-state index in [-0.39, 0.29) is 0 Å². The third-order valence-electron chi connectivity index (χ3n) is 3.28. The van der Waals surface area contributed by atoms with Crippen LogP contribution in [-0.2, 0) is 16.4 Å². The van der Waals surface area contributed by atoms with Crippen molar-refractivity contribution >= 4 is 15.7 Å². The lowest BCUT2D eigenvalue weighted by molar-refractivity contribution is 0.504. The van der Waals surface area contributed by atoms with Gasteiger partial charge in [-0.15, -0.1) is 0 Å². The van der Waals surface area contributed by atoms with E-state index < -0.39 is 15.4 Å². The third kappa shape index (κ3) is 2.36. The molecule has 0 saturated heterocycles. The zero-order valence-electron chi connectivity index (χ0n) is 10.7. The van der Waals surface area contributed by atoms with Gasteiger partial charge in [-0.3, -0.25) is 0 Å². The molecule has 18 heavy (non-hydrogen) atoms. The topological polar surface area (TPSA) is 66.6 Å². The van der Waals surface area contributed by atoms with Crippen molar-refractivity contribution in [2.24, 2.45) is 5.73 Å². The van der Waals surface area contributed by atoms with Gasteiger partial charge >= 0.3 is 0 Å². The second-order valence-corrected chi connectivity index (χ2v) is 7.06. The fourth-order valence-electron chi connectivity index (χ4n) is 2.18. The Bertz CT molecular complexity index is 528. The summed E-state index contributed by atoms with van der Waals surface area (Å²) < 4.78 is 25.0. The van der Waals surface area contributed by atoms with Crippen LogP contribution >= 0.6 is 0 Å². The summed E-state index contributed by atoms with van der Waals surface area (Å²) in [6.45, 7) is 1.16. The van der Waals surface area contributed by atoms with Gasteiger partial charge in [0.25, 0.3) is 0 Å². The Morgan fingerprint density at radius 3 is 2.72 bits per heavy atom. The molecule has 0 radical (unpaired) electrons. The zero-order chi connectivity index (χ0) is 13.3. The molecule has 0 aliphatic carbocycles. The SMILES string of the molecule is CN(C)S(=O)(=O)C(N)CN1CCc2ccccc21. The van der Waals surface area contributed by atoms with E-state index in [1.807, 2.05) is 23.1 Å². The number of nitrogens with two attached hydrogens (primary N) is 1. The maximum atomic E-state index is 11.9. The lowest BCUT2D eigenvalue weighted by Crippen LogP contribution is -2.47. The first-order valence-corrected chi connectivity index (χ1v) is 7.43. The van der Waals surface area contributed by atoms with Gasteiger partial charge in [0.15, 0.2) is 0 Å². The van der Waals surface area contributed by atoms with Crippen LogP contribution in [0.5, 0.6) is 0 Å². The number of para-hydroxylation sites is 1. The summed E-state index contributed by atoms with van der Waals surface area (Å²) in [5, 5.41) is -0.890. The number of nitrogens with zero attached hydrogens (tertiary/aromatic N) is 2. The van der Waals surface area contributed by atoms with E-state index in [4.69, 9.17) is 5.73 Å². The second kappa shape index (κ2) is 4.87. The lowest BCUT2D eigenvalue weighted by Gasteiger charge is -2.25. The van der Waals surface area contributed by atoms with Crippen molar-refractivity contribution in [1.82, 2.24) is 4.31 Å². The Morgan fingerprint density at radius 2 is 2.06 bits per heavy atom. The molecule has 1 aromatic carbocycles. The van der Waals surface area contributed by atoms with E-state index in [1.165, 1.54) is 24.0 Å². The number of fused-ring (bicyclic) bond motifs is 1. The normalized spacial score (nSPS) is 17.0. The number of benzene rings is 1. The van der Waals surface area contributed by atoms with Crippen LogP contribution in [0.3, 0.4) is 0 Å². The quantitative estimate of drug-likeness (QED) is 0.849. The van der Waals surface area contributed by atoms with Crippen molar-refractivity contribution in [1.29, 1.82) is 0 Å². The summed E-state index contributed by atoms with van der Waals surface area (Å²) in [5.41, 5.74) is 8.17. The van der Waals surface area contributed by atoms with Crippen molar-refractivity contribution in [2.45, 2.75) is 11.8 Å². The highest BCUT2D eigenvalue weighted by Crippen LogP contribution is 2.27. The predicted octanol–water partition coefficient (Wildman–Crippen LogP) is 0.225. The molecule has 1 aromatic rings. The van der Waals surface area contributed by atoms with Gasteiger partial charge in [-0.25, -0.2) is 12.7 Å². The number of sulfonamides is 1. The Morgan fingerprint density at radius 1 is 1.39 bits per heavy atom. The van der Waals surface area contributed by atoms with Gasteiger partial charge in [-0.2, -0.15) is 0 Å². The van der Waals surface area contributed by atoms with Crippen molar-refractivity contribution < 1.29 is 8.42 Å². The molecule has 1 aliphatic rings. The van der Waals surface area contributed by atoms with Crippen LogP contribution in [0.25, 0.3) is 0 Å². The first kappa shape index (κ1) is 13.3. The van der Waals surface area contributed by atoms with Gasteiger partial charge in [0.2, 0.25) is 10.0 Å². The Kier molecular flexibility index (Phi) is 3.61. The fourth-order valence-corrected chi connectivity index (χ4v) is 3.09. The average Bonchev–Trinajstić information content (AvgIpc) is 2.72. The van der Waals surface area contributed by atoms with Crippen molar-refractivity contribution in [3.63, 3.8) is 0 Å². The third-order valence-corrected chi connectivity index (χ3v) is 5.21. The molecule has 0 aromatic heterocycles. The van der Waals surface area contributed by atoms with E-state index in [0.717, 1.165) is 18.7 Å². The fraction of sp³-hybridized carbons (Fsp3) is 0.500. The van der Waals surface area contributed by atoms with Crippen LogP contribution in [0.2, 0.25) is 0 Å². The van der Waals surface area contributed by atoms with E-state index in [2.05, 4.69) is 6.07 Å².